The van der Waals surface area contributed by atoms with Gasteiger partial charge in [-0.3, -0.25) is 9.35 Å². The van der Waals surface area contributed by atoms with E-state index in [1.54, 1.807) is 0 Å². The van der Waals surface area contributed by atoms with Crippen molar-refractivity contribution in [2.45, 2.75) is 238 Å². The van der Waals surface area contributed by atoms with Crippen LogP contribution in [0.5, 0.6) is 0 Å². The van der Waals surface area contributed by atoms with Crippen molar-refractivity contribution in [1.82, 2.24) is 5.32 Å². The second-order valence-electron chi connectivity index (χ2n) is 15.7. The van der Waals surface area contributed by atoms with Crippen molar-refractivity contribution >= 4 is 16.0 Å². The molecule has 0 aliphatic heterocycles. The van der Waals surface area contributed by atoms with Gasteiger partial charge in [0.05, 0.1) is 17.9 Å². The zero-order valence-electron chi connectivity index (χ0n) is 35.3. The lowest BCUT2D eigenvalue weighted by Gasteiger charge is -2.21. The number of aliphatic hydroxyl groups excluding tert-OH is 1. The van der Waals surface area contributed by atoms with Crippen molar-refractivity contribution in [3.8, 4) is 0 Å². The fraction of sp³-hybridized carbons (Fsp3) is 0.809. The zero-order valence-corrected chi connectivity index (χ0v) is 36.2. The number of hydrogen-bond donors (Lipinski definition) is 3. The van der Waals surface area contributed by atoms with Crippen LogP contribution in [0.4, 0.5) is 0 Å². The third kappa shape index (κ3) is 41.5. The number of unbranched alkanes of at least 4 members (excludes halogenated alkanes) is 27. The quantitative estimate of drug-likeness (QED) is 0.0326. The number of aliphatic hydroxyl groups is 1. The van der Waals surface area contributed by atoms with Crippen LogP contribution in [0.15, 0.2) is 48.6 Å². The number of amides is 1. The molecule has 0 heterocycles. The molecule has 316 valence electrons. The lowest BCUT2D eigenvalue weighted by molar-refractivity contribution is -0.122. The van der Waals surface area contributed by atoms with Gasteiger partial charge in [0.15, 0.2) is 0 Å². The first-order valence-electron chi connectivity index (χ1n) is 22.8. The van der Waals surface area contributed by atoms with Gasteiger partial charge in [-0.25, -0.2) is 0 Å². The number of nitrogens with one attached hydrogen (secondary N) is 1. The smallest absolute Gasteiger partial charge is 0.267 e. The molecule has 0 rings (SSSR count). The van der Waals surface area contributed by atoms with E-state index in [0.29, 0.717) is 6.42 Å². The molecule has 0 spiro atoms. The lowest BCUT2D eigenvalue weighted by atomic mass is 10.0. The Morgan fingerprint density at radius 1 is 0.500 bits per heavy atom. The van der Waals surface area contributed by atoms with Crippen LogP contribution in [0, 0.1) is 0 Å². The topological polar surface area (TPSA) is 104 Å². The summed E-state index contributed by atoms with van der Waals surface area (Å²) in [4.78, 5) is 12.5. The number of hydrogen-bond acceptors (Lipinski definition) is 4. The average molecular weight is 778 g/mol. The first-order valence-corrected chi connectivity index (χ1v) is 24.4. The minimum absolute atomic E-state index is 0.285. The van der Waals surface area contributed by atoms with Crippen LogP contribution in [0.2, 0.25) is 0 Å². The molecule has 3 N–H and O–H groups in total. The Bertz CT molecular complexity index is 1030. The van der Waals surface area contributed by atoms with Crippen molar-refractivity contribution in [1.29, 1.82) is 0 Å². The number of carbonyl (C=O) groups is 1. The third-order valence-corrected chi connectivity index (χ3v) is 11.0. The highest BCUT2D eigenvalue weighted by atomic mass is 32.2. The molecule has 6 nitrogen and oxygen atoms in total. The largest absolute Gasteiger partial charge is 0.387 e. The van der Waals surface area contributed by atoms with Gasteiger partial charge in [-0.15, -0.1) is 0 Å². The summed E-state index contributed by atoms with van der Waals surface area (Å²) in [7, 11) is -4.36. The van der Waals surface area contributed by atoms with Crippen molar-refractivity contribution in [3.05, 3.63) is 48.6 Å². The van der Waals surface area contributed by atoms with Gasteiger partial charge in [0.2, 0.25) is 5.91 Å². The maximum Gasteiger partial charge on any atom is 0.267 e. The molecule has 0 aliphatic carbocycles. The number of allylic oxidation sites excluding steroid dienone is 7. The Kier molecular flexibility index (Phi) is 39.7. The summed E-state index contributed by atoms with van der Waals surface area (Å²) in [6, 6.07) is -1.07. The Labute approximate surface area is 335 Å². The average Bonchev–Trinajstić information content (AvgIpc) is 3.14. The molecule has 0 aliphatic rings. The van der Waals surface area contributed by atoms with Crippen LogP contribution in [-0.2, 0) is 14.9 Å². The van der Waals surface area contributed by atoms with Crippen LogP contribution >= 0.6 is 0 Å². The maximum absolute atomic E-state index is 12.5. The van der Waals surface area contributed by atoms with Gasteiger partial charge in [-0.2, -0.15) is 8.42 Å². The molecular formula is C47H87NO5S. The summed E-state index contributed by atoms with van der Waals surface area (Å²) in [5.41, 5.74) is 0. The maximum atomic E-state index is 12.5. The second-order valence-corrected chi connectivity index (χ2v) is 17.2. The van der Waals surface area contributed by atoms with E-state index in [1.807, 2.05) is 6.08 Å². The lowest BCUT2D eigenvalue weighted by Crippen LogP contribution is -2.46. The molecule has 0 fully saturated rings. The molecule has 1 amide bonds. The van der Waals surface area contributed by atoms with Crippen LogP contribution < -0.4 is 5.32 Å². The molecule has 2 atom stereocenters. The van der Waals surface area contributed by atoms with Gasteiger partial charge in [0, 0.05) is 6.42 Å². The SMILES string of the molecule is CCCCCCC/C=C\C/C=C\CCCCCCCCCCCCCC(=O)NC(CS(=O)(=O)O)C(O)/C=C/CC/C=C/CCCCCCCCCCCC. The van der Waals surface area contributed by atoms with Gasteiger partial charge < -0.3 is 10.4 Å². The summed E-state index contributed by atoms with van der Waals surface area (Å²) >= 11 is 0. The molecule has 0 aromatic heterocycles. The summed E-state index contributed by atoms with van der Waals surface area (Å²) in [5, 5.41) is 13.2. The Hall–Kier alpha value is -1.70. The highest BCUT2D eigenvalue weighted by Gasteiger charge is 2.24. The molecule has 0 radical (unpaired) electrons. The van der Waals surface area contributed by atoms with E-state index in [1.165, 1.54) is 167 Å². The van der Waals surface area contributed by atoms with E-state index >= 15 is 0 Å². The molecule has 0 bridgehead atoms. The minimum atomic E-state index is -4.36. The fourth-order valence-corrected chi connectivity index (χ4v) is 7.52. The summed E-state index contributed by atoms with van der Waals surface area (Å²) in [6.07, 6.45) is 55.3. The first kappa shape index (κ1) is 52.3. The number of rotatable bonds is 41. The number of carbonyl (C=O) groups excluding carboxylic acids is 1. The van der Waals surface area contributed by atoms with E-state index < -0.39 is 28.0 Å². The van der Waals surface area contributed by atoms with Gasteiger partial charge in [-0.05, 0) is 64.2 Å². The monoisotopic (exact) mass is 778 g/mol. The van der Waals surface area contributed by atoms with Gasteiger partial charge >= 0.3 is 0 Å². The summed E-state index contributed by atoms with van der Waals surface area (Å²) in [6.45, 7) is 4.52. The molecule has 0 aromatic carbocycles. The van der Waals surface area contributed by atoms with E-state index in [4.69, 9.17) is 0 Å². The normalized spacial score (nSPS) is 13.6. The van der Waals surface area contributed by atoms with Gasteiger partial charge in [-0.1, -0.05) is 204 Å². The van der Waals surface area contributed by atoms with Crippen LogP contribution in [0.25, 0.3) is 0 Å². The minimum Gasteiger partial charge on any atom is -0.387 e. The molecule has 7 heteroatoms. The van der Waals surface area contributed by atoms with Crippen molar-refractivity contribution in [3.63, 3.8) is 0 Å². The third-order valence-electron chi connectivity index (χ3n) is 10.2. The zero-order chi connectivity index (χ0) is 39.6. The summed E-state index contributed by atoms with van der Waals surface area (Å²) in [5.74, 6) is -1.00. The molecule has 54 heavy (non-hydrogen) atoms. The van der Waals surface area contributed by atoms with Crippen molar-refractivity contribution < 1.29 is 22.9 Å². The van der Waals surface area contributed by atoms with E-state index in [9.17, 15) is 22.9 Å². The Balaban J connectivity index is 3.88. The van der Waals surface area contributed by atoms with E-state index in [2.05, 4.69) is 55.6 Å². The highest BCUT2D eigenvalue weighted by molar-refractivity contribution is 7.85. The predicted molar refractivity (Wildman–Crippen MR) is 235 cm³/mol. The van der Waals surface area contributed by atoms with E-state index in [-0.39, 0.29) is 12.3 Å². The van der Waals surface area contributed by atoms with Gasteiger partial charge in [0.25, 0.3) is 10.1 Å². The second kappa shape index (κ2) is 40.9. The molecule has 2 unspecified atom stereocenters. The van der Waals surface area contributed by atoms with Gasteiger partial charge in [0.1, 0.15) is 0 Å². The highest BCUT2D eigenvalue weighted by Crippen LogP contribution is 2.14. The Morgan fingerprint density at radius 3 is 1.28 bits per heavy atom. The first-order chi connectivity index (χ1) is 26.3. The predicted octanol–water partition coefficient (Wildman–Crippen LogP) is 13.9. The van der Waals surface area contributed by atoms with Crippen LogP contribution in [-0.4, -0.2) is 41.9 Å². The van der Waals surface area contributed by atoms with Crippen molar-refractivity contribution in [2.75, 3.05) is 5.75 Å². The summed E-state index contributed by atoms with van der Waals surface area (Å²) < 4.78 is 32.5. The Morgan fingerprint density at radius 2 is 0.852 bits per heavy atom. The fourth-order valence-electron chi connectivity index (χ4n) is 6.79. The van der Waals surface area contributed by atoms with E-state index in [0.717, 1.165) is 38.5 Å². The molecule has 0 aromatic rings. The standard InChI is InChI=1S/C47H87NO5S/c1-3-5-7-9-11-13-15-17-19-21-22-23-24-25-26-27-29-31-33-35-37-39-41-43-47(50)48-45(44-54(51,52)53)46(49)42-40-38-36-34-32-30-28-20-18-16-14-12-10-8-6-4-2/h15,17,21-22,32,34,40,42,45-46,49H,3-14,16,18-20,23-31,33,35-39,41,43-44H2,1-2H3,(H,48,50)(H,51,52,53)/b17-15-,22-21-,34-32+,42-40+. The molecule has 0 saturated carbocycles. The van der Waals surface area contributed by atoms with Crippen LogP contribution in [0.1, 0.15) is 226 Å². The molecule has 0 saturated heterocycles. The van der Waals surface area contributed by atoms with Crippen molar-refractivity contribution in [2.24, 2.45) is 0 Å². The van der Waals surface area contributed by atoms with Crippen LogP contribution in [0.3, 0.4) is 0 Å². The molecular weight excluding hydrogens is 691 g/mol.